The van der Waals surface area contributed by atoms with Crippen LogP contribution in [-0.2, 0) is 43.2 Å². The van der Waals surface area contributed by atoms with Gasteiger partial charge in [-0.1, -0.05) is 75.4 Å². The van der Waals surface area contributed by atoms with Crippen LogP contribution in [0.2, 0.25) is 0 Å². The molecule has 0 aromatic heterocycles. The third kappa shape index (κ3) is 9.15. The van der Waals surface area contributed by atoms with Gasteiger partial charge in [0.15, 0.2) is 0 Å². The second kappa shape index (κ2) is 16.9. The zero-order valence-electron chi connectivity index (χ0n) is 31.0. The lowest BCUT2D eigenvalue weighted by molar-refractivity contribution is -0.142. The number of Topliss-reactive ketones (excluding diaryl/α,β-unsaturated/α-hetero) is 4. The molecule has 2 atom stereocenters. The minimum atomic E-state index is -1.04. The average molecular weight is 695 g/mol. The molecule has 6 rings (SSSR count). The molecule has 0 radical (unpaired) electrons. The maximum atomic E-state index is 14.5. The number of esters is 1. The Balaban J connectivity index is 1.10. The quantitative estimate of drug-likeness (QED) is 0.194. The number of benzene rings is 2. The highest BCUT2D eigenvalue weighted by Gasteiger charge is 2.44. The zero-order valence-corrected chi connectivity index (χ0v) is 31.0. The maximum Gasteiger partial charge on any atom is 0.338 e. The largest absolute Gasteiger partial charge is 0.462 e. The Labute approximate surface area is 304 Å². The van der Waals surface area contributed by atoms with Gasteiger partial charge >= 0.3 is 5.97 Å². The highest BCUT2D eigenvalue weighted by atomic mass is 16.5. The van der Waals surface area contributed by atoms with Gasteiger partial charge < -0.3 is 4.74 Å². The monoisotopic (exact) mass is 694 g/mol. The molecule has 0 N–H and O–H groups in total. The lowest BCUT2D eigenvalue weighted by atomic mass is 9.64. The molecule has 0 spiro atoms. The fourth-order valence-electron chi connectivity index (χ4n) is 10.3. The molecule has 51 heavy (non-hydrogen) atoms. The van der Waals surface area contributed by atoms with Gasteiger partial charge in [-0.2, -0.15) is 0 Å². The Hall–Kier alpha value is -3.41. The van der Waals surface area contributed by atoms with Crippen molar-refractivity contribution in [2.75, 3.05) is 6.61 Å². The molecular formula is C45H58O6. The molecule has 3 fully saturated rings. The Morgan fingerprint density at radius 2 is 1.31 bits per heavy atom. The number of ether oxygens (including phenoxy) is 1. The maximum absolute atomic E-state index is 14.5. The van der Waals surface area contributed by atoms with Crippen LogP contribution in [0, 0.1) is 40.9 Å². The van der Waals surface area contributed by atoms with Crippen LogP contribution in [0.1, 0.15) is 137 Å². The van der Waals surface area contributed by atoms with Crippen LogP contribution in [0.3, 0.4) is 0 Å². The van der Waals surface area contributed by atoms with Crippen LogP contribution in [-0.4, -0.2) is 35.7 Å². The van der Waals surface area contributed by atoms with E-state index in [1.165, 1.54) is 37.7 Å². The highest BCUT2D eigenvalue weighted by molar-refractivity contribution is 5.97. The topological polar surface area (TPSA) is 94.6 Å². The molecule has 0 aliphatic heterocycles. The first kappa shape index (κ1) is 37.4. The van der Waals surface area contributed by atoms with Crippen LogP contribution in [0.4, 0.5) is 0 Å². The molecule has 2 aromatic rings. The molecule has 4 aliphatic carbocycles. The van der Waals surface area contributed by atoms with Crippen molar-refractivity contribution < 1.29 is 28.7 Å². The normalized spacial score (nSPS) is 26.8. The number of hydrogen-bond acceptors (Lipinski definition) is 6. The molecular weight excluding hydrogens is 636 g/mol. The van der Waals surface area contributed by atoms with Crippen molar-refractivity contribution in [3.63, 3.8) is 0 Å². The van der Waals surface area contributed by atoms with E-state index in [0.717, 1.165) is 74.8 Å². The van der Waals surface area contributed by atoms with E-state index in [9.17, 15) is 24.0 Å². The van der Waals surface area contributed by atoms with E-state index >= 15 is 0 Å². The van der Waals surface area contributed by atoms with Crippen molar-refractivity contribution in [3.05, 3.63) is 70.8 Å². The second-order valence-corrected chi connectivity index (χ2v) is 16.7. The first-order valence-corrected chi connectivity index (χ1v) is 20.1. The summed E-state index contributed by atoms with van der Waals surface area (Å²) >= 11 is 0. The Morgan fingerprint density at radius 1 is 0.706 bits per heavy atom. The van der Waals surface area contributed by atoms with Gasteiger partial charge in [-0.25, -0.2) is 4.79 Å². The minimum Gasteiger partial charge on any atom is -0.462 e. The Morgan fingerprint density at radius 3 is 1.98 bits per heavy atom. The molecule has 274 valence electrons. The summed E-state index contributed by atoms with van der Waals surface area (Å²) < 4.78 is 5.09. The molecule has 6 nitrogen and oxygen atoms in total. The van der Waals surface area contributed by atoms with Crippen molar-refractivity contribution in [2.24, 2.45) is 40.9 Å². The van der Waals surface area contributed by atoms with Gasteiger partial charge in [-0.3, -0.25) is 19.2 Å². The summed E-state index contributed by atoms with van der Waals surface area (Å²) in [5.74, 6) is 1.64. The van der Waals surface area contributed by atoms with Crippen molar-refractivity contribution in [2.45, 2.75) is 129 Å². The summed E-state index contributed by atoms with van der Waals surface area (Å²) in [6.07, 6.45) is 15.3. The third-order valence-corrected chi connectivity index (χ3v) is 13.2. The van der Waals surface area contributed by atoms with Gasteiger partial charge in [0.25, 0.3) is 0 Å². The minimum absolute atomic E-state index is 0.0236. The molecule has 0 bridgehead atoms. The van der Waals surface area contributed by atoms with Crippen molar-refractivity contribution in [1.29, 1.82) is 0 Å². The van der Waals surface area contributed by atoms with E-state index in [0.29, 0.717) is 36.2 Å². The van der Waals surface area contributed by atoms with E-state index in [2.05, 4.69) is 18.2 Å². The van der Waals surface area contributed by atoms with Crippen LogP contribution >= 0.6 is 0 Å². The van der Waals surface area contributed by atoms with Crippen LogP contribution in [0.15, 0.2) is 48.5 Å². The Kier molecular flexibility index (Phi) is 12.4. The summed E-state index contributed by atoms with van der Waals surface area (Å²) in [5.41, 5.74) is 2.61. The summed E-state index contributed by atoms with van der Waals surface area (Å²) in [4.78, 5) is 67.5. The van der Waals surface area contributed by atoms with Gasteiger partial charge in [-0.05, 0) is 111 Å². The standard InChI is InChI=1S/C45H58O6/c1-3-51-44(50)36-15-13-30(14-16-36)25-39(46)28-45(2,43(49)35-23-17-32(18-24-35)31-9-5-4-6-10-31)29-42(48)34-21-19-33(20-22-34)40-26-37-11-7-8-12-38(37)27-41(40)47/h7-8,11-16,31-35,40H,3-6,9-10,17-29H2,1-2H3. The first-order chi connectivity index (χ1) is 24.6. The van der Waals surface area contributed by atoms with Gasteiger partial charge in [-0.15, -0.1) is 0 Å². The summed E-state index contributed by atoms with van der Waals surface area (Å²) in [7, 11) is 0. The molecule has 0 amide bonds. The van der Waals surface area contributed by atoms with Crippen molar-refractivity contribution in [1.82, 2.24) is 0 Å². The van der Waals surface area contributed by atoms with Crippen molar-refractivity contribution >= 4 is 29.1 Å². The predicted octanol–water partition coefficient (Wildman–Crippen LogP) is 9.08. The van der Waals surface area contributed by atoms with Crippen molar-refractivity contribution in [3.8, 4) is 0 Å². The lowest BCUT2D eigenvalue weighted by Gasteiger charge is -2.39. The molecule has 0 saturated heterocycles. The van der Waals surface area contributed by atoms with Crippen LogP contribution < -0.4 is 0 Å². The fraction of sp³-hybridized carbons (Fsp3) is 0.622. The van der Waals surface area contributed by atoms with E-state index in [-0.39, 0.29) is 54.4 Å². The highest BCUT2D eigenvalue weighted by Crippen LogP contribution is 2.45. The van der Waals surface area contributed by atoms with Gasteiger partial charge in [0.2, 0.25) is 0 Å². The summed E-state index contributed by atoms with van der Waals surface area (Å²) in [6.45, 7) is 3.94. The predicted molar refractivity (Wildman–Crippen MR) is 198 cm³/mol. The van der Waals surface area contributed by atoms with Crippen LogP contribution in [0.25, 0.3) is 0 Å². The molecule has 4 aliphatic rings. The average Bonchev–Trinajstić information content (AvgIpc) is 3.15. The lowest BCUT2D eigenvalue weighted by Crippen LogP contribution is -2.41. The molecule has 2 aromatic carbocycles. The number of rotatable bonds is 13. The van der Waals surface area contributed by atoms with E-state index in [4.69, 9.17) is 4.74 Å². The summed E-state index contributed by atoms with van der Waals surface area (Å²) in [6, 6.07) is 15.2. The van der Waals surface area contributed by atoms with Crippen LogP contribution in [0.5, 0.6) is 0 Å². The number of carbonyl (C=O) groups is 5. The summed E-state index contributed by atoms with van der Waals surface area (Å²) in [5, 5.41) is 0. The number of hydrogen-bond donors (Lipinski definition) is 0. The molecule has 0 heterocycles. The number of ketones is 4. The van der Waals surface area contributed by atoms with Gasteiger partial charge in [0.05, 0.1) is 12.2 Å². The fourth-order valence-corrected chi connectivity index (χ4v) is 10.3. The number of carbonyl (C=O) groups excluding carboxylic acids is 5. The van der Waals surface area contributed by atoms with E-state index in [1.54, 1.807) is 31.2 Å². The second-order valence-electron chi connectivity index (χ2n) is 16.7. The molecule has 3 saturated carbocycles. The van der Waals surface area contributed by atoms with E-state index in [1.807, 2.05) is 13.0 Å². The smallest absolute Gasteiger partial charge is 0.338 e. The van der Waals surface area contributed by atoms with Gasteiger partial charge in [0.1, 0.15) is 23.1 Å². The number of fused-ring (bicyclic) bond motifs is 1. The zero-order chi connectivity index (χ0) is 36.0. The SMILES string of the molecule is CCOC(=O)c1ccc(CC(=O)CC(C)(CC(=O)C2CCC(C3Cc4ccccc4CC3=O)CC2)C(=O)C2CCC(C3CCCCC3)CC2)cc1. The van der Waals surface area contributed by atoms with E-state index < -0.39 is 11.4 Å². The molecule has 2 unspecified atom stereocenters. The molecule has 6 heteroatoms. The first-order valence-electron chi connectivity index (χ1n) is 20.1. The Bertz CT molecular complexity index is 1550. The third-order valence-electron chi connectivity index (χ3n) is 13.2. The van der Waals surface area contributed by atoms with Gasteiger partial charge in [0, 0.05) is 48.9 Å².